The molecule has 1 aromatic rings. The van der Waals surface area contributed by atoms with Gasteiger partial charge >= 0.3 is 7.60 Å². The Morgan fingerprint density at radius 3 is 2.53 bits per heavy atom. The molecule has 19 heavy (non-hydrogen) atoms. The SMILES string of the molecule is O=[PH](O)C(CCCCCc1cnccn1)P(=O)(O)O. The zero-order valence-corrected chi connectivity index (χ0v) is 12.2. The molecule has 3 N–H and O–H groups in total. The van der Waals surface area contributed by atoms with Crippen molar-refractivity contribution in [2.45, 2.75) is 37.5 Å². The van der Waals surface area contributed by atoms with E-state index in [0.717, 1.165) is 25.0 Å². The summed E-state index contributed by atoms with van der Waals surface area (Å²) >= 11 is 0. The van der Waals surface area contributed by atoms with Crippen LogP contribution in [0.5, 0.6) is 0 Å². The number of nitrogens with zero attached hydrogens (tertiary/aromatic N) is 2. The van der Waals surface area contributed by atoms with Crippen molar-refractivity contribution >= 4 is 15.6 Å². The Hall–Kier alpha value is -0.580. The van der Waals surface area contributed by atoms with Crippen LogP contribution in [0.25, 0.3) is 0 Å². The van der Waals surface area contributed by atoms with Crippen LogP contribution < -0.4 is 0 Å². The fourth-order valence-electron chi connectivity index (χ4n) is 1.72. The minimum Gasteiger partial charge on any atom is -0.346 e. The molecule has 1 aromatic heterocycles. The Morgan fingerprint density at radius 2 is 2.00 bits per heavy atom. The number of unbranched alkanes of at least 4 members (excludes halogenated alkanes) is 2. The largest absolute Gasteiger partial charge is 0.346 e. The minimum atomic E-state index is -4.48. The first-order valence-electron chi connectivity index (χ1n) is 5.94. The first-order chi connectivity index (χ1) is 8.91. The van der Waals surface area contributed by atoms with Crippen molar-refractivity contribution < 1.29 is 23.8 Å². The van der Waals surface area contributed by atoms with Gasteiger partial charge < -0.3 is 14.7 Å². The topological polar surface area (TPSA) is 121 Å². The van der Waals surface area contributed by atoms with Crippen LogP contribution in [0.2, 0.25) is 0 Å². The maximum Gasteiger partial charge on any atom is 0.337 e. The molecule has 0 amide bonds. The van der Waals surface area contributed by atoms with Gasteiger partial charge in [0.15, 0.2) is 0 Å². The van der Waals surface area contributed by atoms with Gasteiger partial charge in [-0.05, 0) is 19.3 Å². The quantitative estimate of drug-likeness (QED) is 0.492. The van der Waals surface area contributed by atoms with Crippen molar-refractivity contribution in [1.82, 2.24) is 9.97 Å². The fourth-order valence-corrected chi connectivity index (χ4v) is 3.84. The van der Waals surface area contributed by atoms with E-state index in [2.05, 4.69) is 9.97 Å². The molecule has 0 aromatic carbocycles. The van der Waals surface area contributed by atoms with Gasteiger partial charge in [-0.3, -0.25) is 19.1 Å². The molecule has 0 saturated carbocycles. The maximum atomic E-state index is 11.0. The van der Waals surface area contributed by atoms with Crippen molar-refractivity contribution in [3.63, 3.8) is 0 Å². The van der Waals surface area contributed by atoms with Crippen LogP contribution in [-0.4, -0.2) is 30.0 Å². The van der Waals surface area contributed by atoms with E-state index in [-0.39, 0.29) is 6.42 Å². The highest BCUT2D eigenvalue weighted by Crippen LogP contribution is 2.53. The van der Waals surface area contributed by atoms with Gasteiger partial charge in [0.25, 0.3) is 0 Å². The third kappa shape index (κ3) is 6.41. The van der Waals surface area contributed by atoms with Crippen LogP contribution in [-0.2, 0) is 15.6 Å². The normalized spacial score (nSPS) is 15.1. The predicted octanol–water partition coefficient (Wildman–Crippen LogP) is 1.55. The second kappa shape index (κ2) is 7.88. The van der Waals surface area contributed by atoms with Crippen molar-refractivity contribution in [3.8, 4) is 0 Å². The summed E-state index contributed by atoms with van der Waals surface area (Å²) < 4.78 is 21.9. The van der Waals surface area contributed by atoms with Crippen molar-refractivity contribution in [3.05, 3.63) is 24.3 Å². The lowest BCUT2D eigenvalue weighted by atomic mass is 10.1. The van der Waals surface area contributed by atoms with Gasteiger partial charge in [-0.2, -0.15) is 0 Å². The first kappa shape index (κ1) is 16.5. The Bertz CT molecular complexity index is 450. The van der Waals surface area contributed by atoms with Crippen LogP contribution in [0.1, 0.15) is 31.4 Å². The van der Waals surface area contributed by atoms with Gasteiger partial charge in [-0.1, -0.05) is 12.8 Å². The summed E-state index contributed by atoms with van der Waals surface area (Å²) in [6.07, 6.45) is 7.71. The summed E-state index contributed by atoms with van der Waals surface area (Å²) in [5.41, 5.74) is 0.866. The Morgan fingerprint density at radius 1 is 1.26 bits per heavy atom. The highest BCUT2D eigenvalue weighted by atomic mass is 31.2. The molecule has 0 aliphatic rings. The summed E-state index contributed by atoms with van der Waals surface area (Å²) in [5, 5.41) is -1.41. The van der Waals surface area contributed by atoms with E-state index in [1.165, 1.54) is 0 Å². The molecular formula is C10H18N2O5P2. The van der Waals surface area contributed by atoms with Crippen molar-refractivity contribution in [2.24, 2.45) is 0 Å². The van der Waals surface area contributed by atoms with Crippen molar-refractivity contribution in [1.29, 1.82) is 0 Å². The Kier molecular flexibility index (Phi) is 6.83. The van der Waals surface area contributed by atoms with E-state index in [0.29, 0.717) is 6.42 Å². The molecular weight excluding hydrogens is 290 g/mol. The predicted molar refractivity (Wildman–Crippen MR) is 71.3 cm³/mol. The van der Waals surface area contributed by atoms with Crippen LogP contribution in [0.15, 0.2) is 18.6 Å². The fraction of sp³-hybridized carbons (Fsp3) is 0.600. The van der Waals surface area contributed by atoms with Gasteiger partial charge in [0.05, 0.1) is 5.69 Å². The van der Waals surface area contributed by atoms with E-state index in [1.54, 1.807) is 18.6 Å². The molecule has 0 saturated heterocycles. The highest BCUT2D eigenvalue weighted by Gasteiger charge is 2.32. The lowest BCUT2D eigenvalue weighted by Crippen LogP contribution is -2.03. The lowest BCUT2D eigenvalue weighted by Gasteiger charge is -2.14. The highest BCUT2D eigenvalue weighted by molar-refractivity contribution is 7.65. The number of aromatic nitrogens is 2. The summed E-state index contributed by atoms with van der Waals surface area (Å²) in [5.74, 6) is 0. The Balaban J connectivity index is 2.26. The zero-order valence-electron chi connectivity index (χ0n) is 10.3. The smallest absolute Gasteiger partial charge is 0.337 e. The third-order valence-corrected chi connectivity index (χ3v) is 6.32. The Labute approximate surface area is 112 Å². The molecule has 1 heterocycles. The molecule has 0 aliphatic carbocycles. The van der Waals surface area contributed by atoms with E-state index in [4.69, 9.17) is 14.7 Å². The maximum absolute atomic E-state index is 11.0. The first-order valence-corrected chi connectivity index (χ1v) is 9.05. The number of rotatable bonds is 8. The molecule has 0 aliphatic heterocycles. The minimum absolute atomic E-state index is 0.0685. The molecule has 0 radical (unpaired) electrons. The van der Waals surface area contributed by atoms with E-state index in [1.807, 2.05) is 0 Å². The van der Waals surface area contributed by atoms with E-state index >= 15 is 0 Å². The number of hydrogen-bond donors (Lipinski definition) is 3. The van der Waals surface area contributed by atoms with Crippen LogP contribution in [0.3, 0.4) is 0 Å². The second-order valence-electron chi connectivity index (χ2n) is 4.24. The molecule has 2 unspecified atom stereocenters. The van der Waals surface area contributed by atoms with Crippen LogP contribution in [0, 0.1) is 0 Å². The molecule has 7 nitrogen and oxygen atoms in total. The average molecular weight is 308 g/mol. The molecule has 0 bridgehead atoms. The summed E-state index contributed by atoms with van der Waals surface area (Å²) in [6, 6.07) is 0. The van der Waals surface area contributed by atoms with E-state index in [9.17, 15) is 9.13 Å². The average Bonchev–Trinajstić information content (AvgIpc) is 2.32. The van der Waals surface area contributed by atoms with Gasteiger partial charge in [0.2, 0.25) is 8.03 Å². The van der Waals surface area contributed by atoms with Crippen LogP contribution in [0.4, 0.5) is 0 Å². The monoisotopic (exact) mass is 308 g/mol. The standard InChI is InChI=1S/C10H18N2O5P2/c13-18(14)10(19(15,16)17)5-3-1-2-4-9-8-11-6-7-12-9/h6-8,10,18H,1-5H2,(H,13,14)(H2,15,16,17). The number of hydrogen-bond acceptors (Lipinski definition) is 4. The summed E-state index contributed by atoms with van der Waals surface area (Å²) in [6.45, 7) is 0. The zero-order chi connectivity index (χ0) is 14.3. The second-order valence-corrected chi connectivity index (χ2v) is 7.90. The van der Waals surface area contributed by atoms with Gasteiger partial charge in [-0.15, -0.1) is 0 Å². The van der Waals surface area contributed by atoms with E-state index < -0.39 is 21.0 Å². The summed E-state index contributed by atoms with van der Waals surface area (Å²) in [7, 11) is -7.68. The third-order valence-electron chi connectivity index (χ3n) is 2.72. The molecule has 108 valence electrons. The van der Waals surface area contributed by atoms with Crippen molar-refractivity contribution in [2.75, 3.05) is 0 Å². The lowest BCUT2D eigenvalue weighted by molar-refractivity contribution is 0.361. The van der Waals surface area contributed by atoms with Gasteiger partial charge in [-0.25, -0.2) is 0 Å². The van der Waals surface area contributed by atoms with Gasteiger partial charge in [0, 0.05) is 18.6 Å². The number of aryl methyl sites for hydroxylation is 1. The molecule has 1 rings (SSSR count). The molecule has 0 fully saturated rings. The molecule has 0 spiro atoms. The van der Waals surface area contributed by atoms with Crippen LogP contribution >= 0.6 is 15.6 Å². The van der Waals surface area contributed by atoms with Gasteiger partial charge in [0.1, 0.15) is 5.40 Å². The molecule has 2 atom stereocenters. The summed E-state index contributed by atoms with van der Waals surface area (Å²) in [4.78, 5) is 34.8. The molecule has 9 heteroatoms.